The van der Waals surface area contributed by atoms with E-state index in [1.165, 1.54) is 19.3 Å². The molecule has 0 saturated heterocycles. The van der Waals surface area contributed by atoms with E-state index in [0.717, 1.165) is 18.8 Å². The highest BCUT2D eigenvalue weighted by Crippen LogP contribution is 2.38. The van der Waals surface area contributed by atoms with Crippen LogP contribution in [0.25, 0.3) is 0 Å². The molecule has 12 heavy (non-hydrogen) atoms. The lowest BCUT2D eigenvalue weighted by atomic mass is 9.87. The molecule has 1 N–H and O–H groups in total. The Labute approximate surface area is 76.2 Å². The van der Waals surface area contributed by atoms with E-state index in [4.69, 9.17) is 0 Å². The van der Waals surface area contributed by atoms with Crippen molar-refractivity contribution in [1.29, 1.82) is 0 Å². The highest BCUT2D eigenvalue weighted by Gasteiger charge is 2.32. The zero-order valence-electron chi connectivity index (χ0n) is 8.64. The average Bonchev–Trinajstić information content (AvgIpc) is 2.69. The van der Waals surface area contributed by atoms with Crippen molar-refractivity contribution in [2.75, 3.05) is 0 Å². The van der Waals surface area contributed by atoms with E-state index in [1.54, 1.807) is 0 Å². The summed E-state index contributed by atoms with van der Waals surface area (Å²) in [7, 11) is 0. The standard InChI is InChI=1S/C11H22O/c1-4-9(2)7-11(3,12)8-10-5-6-10/h9-10,12H,4-8H2,1-3H3. The lowest BCUT2D eigenvalue weighted by Crippen LogP contribution is -2.27. The fraction of sp³-hybridized carbons (Fsp3) is 1.00. The summed E-state index contributed by atoms with van der Waals surface area (Å²) >= 11 is 0. The minimum atomic E-state index is -0.392. The third kappa shape index (κ3) is 3.57. The number of hydrogen-bond donors (Lipinski definition) is 1. The van der Waals surface area contributed by atoms with Gasteiger partial charge in [-0.3, -0.25) is 0 Å². The van der Waals surface area contributed by atoms with E-state index >= 15 is 0 Å². The van der Waals surface area contributed by atoms with Crippen LogP contribution in [0.2, 0.25) is 0 Å². The molecule has 1 saturated carbocycles. The summed E-state index contributed by atoms with van der Waals surface area (Å²) in [6.07, 6.45) is 5.87. The van der Waals surface area contributed by atoms with Gasteiger partial charge in [0.1, 0.15) is 0 Å². The molecule has 0 aliphatic heterocycles. The minimum Gasteiger partial charge on any atom is -0.390 e. The number of hydrogen-bond acceptors (Lipinski definition) is 1. The molecule has 0 aromatic rings. The molecule has 1 nitrogen and oxygen atoms in total. The van der Waals surface area contributed by atoms with Crippen molar-refractivity contribution >= 4 is 0 Å². The van der Waals surface area contributed by atoms with Crippen LogP contribution >= 0.6 is 0 Å². The summed E-state index contributed by atoms with van der Waals surface area (Å²) in [5.74, 6) is 1.50. The SMILES string of the molecule is CCC(C)CC(C)(O)CC1CC1. The van der Waals surface area contributed by atoms with Gasteiger partial charge in [-0.2, -0.15) is 0 Å². The molecule has 1 heteroatoms. The molecule has 1 rings (SSSR count). The van der Waals surface area contributed by atoms with Gasteiger partial charge in [-0.25, -0.2) is 0 Å². The fourth-order valence-electron chi connectivity index (χ4n) is 1.92. The molecule has 0 spiro atoms. The molecule has 1 aliphatic rings. The van der Waals surface area contributed by atoms with Crippen molar-refractivity contribution in [2.24, 2.45) is 11.8 Å². The van der Waals surface area contributed by atoms with Gasteiger partial charge in [-0.05, 0) is 31.6 Å². The molecule has 1 aliphatic carbocycles. The molecular weight excluding hydrogens is 148 g/mol. The van der Waals surface area contributed by atoms with Crippen molar-refractivity contribution in [3.8, 4) is 0 Å². The summed E-state index contributed by atoms with van der Waals surface area (Å²) in [6, 6.07) is 0. The number of aliphatic hydroxyl groups is 1. The summed E-state index contributed by atoms with van der Waals surface area (Å²) < 4.78 is 0. The Kier molecular flexibility index (Phi) is 3.16. The molecule has 0 heterocycles. The maximum atomic E-state index is 10.0. The first kappa shape index (κ1) is 10.0. The molecule has 0 aromatic heterocycles. The quantitative estimate of drug-likeness (QED) is 0.672. The minimum absolute atomic E-state index is 0.392. The van der Waals surface area contributed by atoms with E-state index in [9.17, 15) is 5.11 Å². The lowest BCUT2D eigenvalue weighted by Gasteiger charge is -2.26. The van der Waals surface area contributed by atoms with Gasteiger partial charge in [-0.15, -0.1) is 0 Å². The van der Waals surface area contributed by atoms with E-state index in [1.807, 2.05) is 6.92 Å². The Morgan fingerprint density at radius 3 is 2.50 bits per heavy atom. The van der Waals surface area contributed by atoms with E-state index < -0.39 is 5.60 Å². The van der Waals surface area contributed by atoms with Gasteiger partial charge in [0.15, 0.2) is 0 Å². The summed E-state index contributed by atoms with van der Waals surface area (Å²) in [6.45, 7) is 6.41. The van der Waals surface area contributed by atoms with Crippen LogP contribution in [0.15, 0.2) is 0 Å². The molecule has 72 valence electrons. The van der Waals surface area contributed by atoms with Crippen LogP contribution in [-0.4, -0.2) is 10.7 Å². The van der Waals surface area contributed by atoms with Gasteiger partial charge >= 0.3 is 0 Å². The van der Waals surface area contributed by atoms with E-state index in [0.29, 0.717) is 5.92 Å². The third-order valence-electron chi connectivity index (χ3n) is 2.91. The predicted molar refractivity (Wildman–Crippen MR) is 52.0 cm³/mol. The molecule has 0 bridgehead atoms. The molecule has 0 radical (unpaired) electrons. The second kappa shape index (κ2) is 3.78. The first-order chi connectivity index (χ1) is 5.53. The first-order valence-corrected chi connectivity index (χ1v) is 5.26. The maximum Gasteiger partial charge on any atom is 0.0625 e. The zero-order valence-corrected chi connectivity index (χ0v) is 8.64. The van der Waals surface area contributed by atoms with E-state index in [-0.39, 0.29) is 0 Å². The molecule has 1 fully saturated rings. The molecule has 2 atom stereocenters. The molecule has 0 amide bonds. The molecule has 0 aromatic carbocycles. The Morgan fingerprint density at radius 1 is 1.50 bits per heavy atom. The summed E-state index contributed by atoms with van der Waals surface area (Å²) in [4.78, 5) is 0. The molecular formula is C11H22O. The van der Waals surface area contributed by atoms with Crippen LogP contribution < -0.4 is 0 Å². The lowest BCUT2D eigenvalue weighted by molar-refractivity contribution is 0.0219. The number of rotatable bonds is 5. The van der Waals surface area contributed by atoms with Gasteiger partial charge in [-0.1, -0.05) is 33.1 Å². The van der Waals surface area contributed by atoms with Crippen molar-refractivity contribution in [1.82, 2.24) is 0 Å². The highest BCUT2D eigenvalue weighted by atomic mass is 16.3. The van der Waals surface area contributed by atoms with E-state index in [2.05, 4.69) is 13.8 Å². The molecule has 2 unspecified atom stereocenters. The van der Waals surface area contributed by atoms with Gasteiger partial charge < -0.3 is 5.11 Å². The van der Waals surface area contributed by atoms with Crippen LogP contribution in [0.5, 0.6) is 0 Å². The van der Waals surface area contributed by atoms with Crippen molar-refractivity contribution in [3.63, 3.8) is 0 Å². The average molecular weight is 170 g/mol. The highest BCUT2D eigenvalue weighted by molar-refractivity contribution is 4.84. The zero-order chi connectivity index (χ0) is 9.19. The summed E-state index contributed by atoms with van der Waals surface area (Å²) in [5.41, 5.74) is -0.392. The van der Waals surface area contributed by atoms with Crippen LogP contribution in [0.1, 0.15) is 52.9 Å². The van der Waals surface area contributed by atoms with Crippen molar-refractivity contribution < 1.29 is 5.11 Å². The Bertz CT molecular complexity index is 136. The first-order valence-electron chi connectivity index (χ1n) is 5.26. The van der Waals surface area contributed by atoms with Crippen molar-refractivity contribution in [2.45, 2.75) is 58.5 Å². The van der Waals surface area contributed by atoms with Crippen LogP contribution in [0.3, 0.4) is 0 Å². The van der Waals surface area contributed by atoms with Crippen LogP contribution in [0, 0.1) is 11.8 Å². The van der Waals surface area contributed by atoms with Gasteiger partial charge in [0, 0.05) is 0 Å². The Hall–Kier alpha value is -0.0400. The monoisotopic (exact) mass is 170 g/mol. The van der Waals surface area contributed by atoms with Crippen LogP contribution in [-0.2, 0) is 0 Å². The van der Waals surface area contributed by atoms with Gasteiger partial charge in [0.05, 0.1) is 5.60 Å². The van der Waals surface area contributed by atoms with Gasteiger partial charge in [0.25, 0.3) is 0 Å². The van der Waals surface area contributed by atoms with Crippen molar-refractivity contribution in [3.05, 3.63) is 0 Å². The largest absolute Gasteiger partial charge is 0.390 e. The van der Waals surface area contributed by atoms with Crippen LogP contribution in [0.4, 0.5) is 0 Å². The van der Waals surface area contributed by atoms with Gasteiger partial charge in [0.2, 0.25) is 0 Å². The predicted octanol–water partition coefficient (Wildman–Crippen LogP) is 2.97. The summed E-state index contributed by atoms with van der Waals surface area (Å²) in [5, 5.41) is 10.0. The topological polar surface area (TPSA) is 20.2 Å². The Balaban J connectivity index is 2.25. The third-order valence-corrected chi connectivity index (χ3v) is 2.91. The second-order valence-corrected chi connectivity index (χ2v) is 4.86. The second-order valence-electron chi connectivity index (χ2n) is 4.86. The maximum absolute atomic E-state index is 10.0. The Morgan fingerprint density at radius 2 is 2.08 bits per heavy atom. The smallest absolute Gasteiger partial charge is 0.0625 e. The normalized spacial score (nSPS) is 25.0. The fourth-order valence-corrected chi connectivity index (χ4v) is 1.92.